The van der Waals surface area contributed by atoms with Gasteiger partial charge in [0.05, 0.1) is 5.69 Å². The zero-order valence-electron chi connectivity index (χ0n) is 5.88. The van der Waals surface area contributed by atoms with E-state index in [4.69, 9.17) is 0 Å². The summed E-state index contributed by atoms with van der Waals surface area (Å²) in [5.74, 6) is 0. The zero-order chi connectivity index (χ0) is 7.14. The average Bonchev–Trinajstić information content (AvgIpc) is 2.40. The molecule has 2 aromatic rings. The van der Waals surface area contributed by atoms with Crippen molar-refractivity contribution < 1.29 is 0 Å². The number of hydrogen-bond acceptors (Lipinski definition) is 2. The number of hydrogen-bond donors (Lipinski definition) is 0. The number of aromatic nitrogens is 2. The summed E-state index contributed by atoms with van der Waals surface area (Å²) in [6, 6.07) is 0. The van der Waals surface area contributed by atoms with Crippen LogP contribution in [0.25, 0.3) is 4.96 Å². The van der Waals surface area contributed by atoms with Gasteiger partial charge < -0.3 is 0 Å². The molecule has 51 valence electrons. The van der Waals surface area contributed by atoms with E-state index in [-0.39, 0.29) is 0 Å². The molecule has 0 saturated carbocycles. The Morgan fingerprint density at radius 3 is 3.10 bits per heavy atom. The number of imidazole rings is 1. The van der Waals surface area contributed by atoms with E-state index in [2.05, 4.69) is 27.9 Å². The minimum Gasteiger partial charge on any atom is -0.292 e. The normalized spacial score (nSPS) is 11.0. The predicted octanol–water partition coefficient (Wildman–Crippen LogP) is 1.81. The van der Waals surface area contributed by atoms with Gasteiger partial charge in [-0.15, -0.1) is 11.3 Å². The van der Waals surface area contributed by atoms with Gasteiger partial charge in [-0.05, 0) is 13.8 Å². The summed E-state index contributed by atoms with van der Waals surface area (Å²) in [7, 11) is 0. The molecule has 0 spiro atoms. The van der Waals surface area contributed by atoms with Crippen molar-refractivity contribution in [2.75, 3.05) is 0 Å². The Labute approximate surface area is 63.1 Å². The van der Waals surface area contributed by atoms with Crippen molar-refractivity contribution in [3.05, 3.63) is 23.0 Å². The van der Waals surface area contributed by atoms with Gasteiger partial charge in [-0.25, -0.2) is 4.98 Å². The Bertz CT molecular complexity index is 327. The van der Waals surface area contributed by atoms with Crippen molar-refractivity contribution in [2.24, 2.45) is 0 Å². The smallest absolute Gasteiger partial charge is 0.194 e. The van der Waals surface area contributed by atoms with E-state index in [1.165, 1.54) is 5.69 Å². The first-order chi connectivity index (χ1) is 4.79. The molecule has 0 N–H and O–H groups in total. The highest BCUT2D eigenvalue weighted by molar-refractivity contribution is 7.15. The van der Waals surface area contributed by atoms with Crippen LogP contribution in [-0.4, -0.2) is 9.38 Å². The summed E-state index contributed by atoms with van der Waals surface area (Å²) in [6.07, 6.45) is 2.92. The molecule has 1 radical (unpaired) electrons. The van der Waals surface area contributed by atoms with Crippen LogP contribution in [0.5, 0.6) is 0 Å². The summed E-state index contributed by atoms with van der Waals surface area (Å²) in [5, 5.41) is 2.10. The van der Waals surface area contributed by atoms with E-state index in [0.29, 0.717) is 0 Å². The van der Waals surface area contributed by atoms with E-state index in [1.54, 1.807) is 11.3 Å². The van der Waals surface area contributed by atoms with Gasteiger partial charge in [0, 0.05) is 11.1 Å². The molecule has 0 unspecified atom stereocenters. The van der Waals surface area contributed by atoms with Crippen LogP contribution < -0.4 is 0 Å². The van der Waals surface area contributed by atoms with Crippen molar-refractivity contribution in [1.82, 2.24) is 9.38 Å². The van der Waals surface area contributed by atoms with Crippen LogP contribution in [0, 0.1) is 20.0 Å². The molecule has 0 bridgehead atoms. The monoisotopic (exact) mass is 151 g/mol. The van der Waals surface area contributed by atoms with Gasteiger partial charge in [0.15, 0.2) is 4.96 Å². The minimum absolute atomic E-state index is 1.04. The summed E-state index contributed by atoms with van der Waals surface area (Å²) >= 11 is 1.66. The number of aryl methyl sites for hydroxylation is 2. The molecule has 0 amide bonds. The molecule has 0 atom stereocenters. The molecule has 0 saturated heterocycles. The second-order valence-corrected chi connectivity index (χ2v) is 3.14. The van der Waals surface area contributed by atoms with Gasteiger partial charge in [0.25, 0.3) is 0 Å². The third kappa shape index (κ3) is 0.609. The molecule has 0 aliphatic heterocycles. The molecule has 0 fully saturated rings. The number of nitrogens with zero attached hydrogens (tertiary/aromatic N) is 2. The SMILES string of the molecule is Cc1[c]nc2scc(C)n12. The Kier molecular flexibility index (Phi) is 1.08. The lowest BCUT2D eigenvalue weighted by molar-refractivity contribution is 1.07. The summed E-state index contributed by atoms with van der Waals surface area (Å²) in [4.78, 5) is 5.13. The van der Waals surface area contributed by atoms with Crippen LogP contribution in [0.1, 0.15) is 11.4 Å². The summed E-state index contributed by atoms with van der Waals surface area (Å²) < 4.78 is 2.10. The molecule has 2 nitrogen and oxygen atoms in total. The molecule has 0 aromatic carbocycles. The van der Waals surface area contributed by atoms with Crippen LogP contribution in [0.4, 0.5) is 0 Å². The third-order valence-corrected chi connectivity index (χ3v) is 2.47. The maximum absolute atomic E-state index is 4.10. The quantitative estimate of drug-likeness (QED) is 0.561. The maximum atomic E-state index is 4.10. The molecule has 2 aromatic heterocycles. The number of thiazole rings is 1. The molecular formula is C7H7N2S. The number of fused-ring (bicyclic) bond motifs is 1. The van der Waals surface area contributed by atoms with E-state index in [0.717, 1.165) is 10.7 Å². The minimum atomic E-state index is 1.04. The molecule has 2 heterocycles. The Balaban J connectivity index is 2.98. The zero-order valence-corrected chi connectivity index (χ0v) is 6.70. The lowest BCUT2D eigenvalue weighted by atomic mass is 10.5. The first-order valence-corrected chi connectivity index (χ1v) is 3.98. The van der Waals surface area contributed by atoms with Crippen LogP contribution >= 0.6 is 11.3 Å². The summed E-state index contributed by atoms with van der Waals surface area (Å²) in [6.45, 7) is 4.09. The second kappa shape index (κ2) is 1.83. The van der Waals surface area contributed by atoms with Crippen molar-refractivity contribution in [1.29, 1.82) is 0 Å². The fourth-order valence-corrected chi connectivity index (χ4v) is 1.92. The highest BCUT2D eigenvalue weighted by Gasteiger charge is 2.02. The molecule has 2 rings (SSSR count). The van der Waals surface area contributed by atoms with Gasteiger partial charge >= 0.3 is 0 Å². The van der Waals surface area contributed by atoms with Crippen LogP contribution in [0.3, 0.4) is 0 Å². The van der Waals surface area contributed by atoms with Crippen LogP contribution in [-0.2, 0) is 0 Å². The molecule has 3 heteroatoms. The van der Waals surface area contributed by atoms with Crippen LogP contribution in [0.2, 0.25) is 0 Å². The molecule has 10 heavy (non-hydrogen) atoms. The number of rotatable bonds is 0. The van der Waals surface area contributed by atoms with Gasteiger partial charge in [0.2, 0.25) is 0 Å². The standard InChI is InChI=1S/C7H7N2S/c1-5-3-8-7-9(5)6(2)4-10-7/h4H,1-2H3. The Hall–Kier alpha value is -0.830. The summed E-state index contributed by atoms with van der Waals surface area (Å²) in [5.41, 5.74) is 2.33. The second-order valence-electron chi connectivity index (χ2n) is 2.30. The average molecular weight is 151 g/mol. The van der Waals surface area contributed by atoms with E-state index < -0.39 is 0 Å². The Morgan fingerprint density at radius 1 is 1.60 bits per heavy atom. The fourth-order valence-electron chi connectivity index (χ4n) is 1.06. The molecular weight excluding hydrogens is 144 g/mol. The predicted molar refractivity (Wildman–Crippen MR) is 41.4 cm³/mol. The van der Waals surface area contributed by atoms with Crippen molar-refractivity contribution >= 4 is 16.3 Å². The van der Waals surface area contributed by atoms with Gasteiger partial charge in [-0.1, -0.05) is 0 Å². The van der Waals surface area contributed by atoms with E-state index in [1.807, 2.05) is 6.92 Å². The van der Waals surface area contributed by atoms with Gasteiger partial charge in [-0.2, -0.15) is 0 Å². The van der Waals surface area contributed by atoms with Crippen LogP contribution in [0.15, 0.2) is 5.38 Å². The lowest BCUT2D eigenvalue weighted by Crippen LogP contribution is -1.84. The van der Waals surface area contributed by atoms with Crippen molar-refractivity contribution in [3.8, 4) is 0 Å². The maximum Gasteiger partial charge on any atom is 0.194 e. The van der Waals surface area contributed by atoms with Crippen molar-refractivity contribution in [2.45, 2.75) is 13.8 Å². The van der Waals surface area contributed by atoms with Gasteiger partial charge in [-0.3, -0.25) is 4.40 Å². The topological polar surface area (TPSA) is 17.3 Å². The lowest BCUT2D eigenvalue weighted by Gasteiger charge is -1.89. The fraction of sp³-hybridized carbons (Fsp3) is 0.286. The Morgan fingerprint density at radius 2 is 2.40 bits per heavy atom. The van der Waals surface area contributed by atoms with E-state index in [9.17, 15) is 0 Å². The molecule has 0 aliphatic carbocycles. The molecule has 0 aliphatic rings. The highest BCUT2D eigenvalue weighted by Crippen LogP contribution is 2.15. The highest BCUT2D eigenvalue weighted by atomic mass is 32.1. The largest absolute Gasteiger partial charge is 0.292 e. The van der Waals surface area contributed by atoms with Gasteiger partial charge in [0.1, 0.15) is 6.20 Å². The van der Waals surface area contributed by atoms with Crippen molar-refractivity contribution in [3.63, 3.8) is 0 Å². The third-order valence-electron chi connectivity index (χ3n) is 1.53. The van der Waals surface area contributed by atoms with E-state index >= 15 is 0 Å². The first kappa shape index (κ1) is 5.92. The first-order valence-electron chi connectivity index (χ1n) is 3.10.